The van der Waals surface area contributed by atoms with Crippen molar-refractivity contribution in [1.82, 2.24) is 14.8 Å². The van der Waals surface area contributed by atoms with Crippen LogP contribution in [-0.4, -0.2) is 22.8 Å². The molecule has 0 aliphatic rings. The summed E-state index contributed by atoms with van der Waals surface area (Å²) < 4.78 is 1.56. The van der Waals surface area contributed by atoms with Crippen molar-refractivity contribution in [3.8, 4) is 17.2 Å². The van der Waals surface area contributed by atoms with Crippen molar-refractivity contribution >= 4 is 29.9 Å². The molecule has 1 N–H and O–H groups in total. The van der Waals surface area contributed by atoms with E-state index in [9.17, 15) is 4.79 Å². The highest BCUT2D eigenvalue weighted by molar-refractivity contribution is 6.83. The summed E-state index contributed by atoms with van der Waals surface area (Å²) in [7, 11) is -1.40. The van der Waals surface area contributed by atoms with Gasteiger partial charge in [-0.25, -0.2) is 4.68 Å². The van der Waals surface area contributed by atoms with E-state index in [-0.39, 0.29) is 5.56 Å². The smallest absolute Gasteiger partial charge is 0.280 e. The van der Waals surface area contributed by atoms with E-state index in [1.54, 1.807) is 10.9 Å². The average Bonchev–Trinajstić information content (AvgIpc) is 2.97. The van der Waals surface area contributed by atoms with E-state index >= 15 is 0 Å². The van der Waals surface area contributed by atoms with Crippen molar-refractivity contribution in [3.05, 3.63) is 70.6 Å². The lowest BCUT2D eigenvalue weighted by Gasteiger charge is -2.04. The molecule has 0 saturated heterocycles. The fourth-order valence-electron chi connectivity index (χ4n) is 2.84. The predicted molar refractivity (Wildman–Crippen MR) is 109 cm³/mol. The van der Waals surface area contributed by atoms with Crippen molar-refractivity contribution in [1.29, 1.82) is 0 Å². The van der Waals surface area contributed by atoms with Crippen LogP contribution in [0.15, 0.2) is 59.5 Å². The molecule has 2 aromatic heterocycles. The third-order valence-corrected chi connectivity index (χ3v) is 5.01. The Morgan fingerprint density at radius 1 is 1.00 bits per heavy atom. The summed E-state index contributed by atoms with van der Waals surface area (Å²) >= 11 is 0. The Morgan fingerprint density at radius 3 is 2.46 bits per heavy atom. The van der Waals surface area contributed by atoms with Crippen LogP contribution in [0.4, 0.5) is 0 Å². The second-order valence-corrected chi connectivity index (χ2v) is 12.1. The minimum absolute atomic E-state index is 0.0980. The Morgan fingerprint density at radius 2 is 1.73 bits per heavy atom. The quantitative estimate of drug-likeness (QED) is 0.412. The molecule has 0 aliphatic heterocycles. The van der Waals surface area contributed by atoms with Crippen LogP contribution in [0.1, 0.15) is 5.56 Å². The third-order valence-electron chi connectivity index (χ3n) is 4.14. The second kappa shape index (κ2) is 6.01. The van der Waals surface area contributed by atoms with E-state index in [1.165, 1.54) is 0 Å². The summed E-state index contributed by atoms with van der Waals surface area (Å²) in [5, 5.41) is 4.77. The number of aromatic amines is 1. The minimum atomic E-state index is -1.40. The maximum atomic E-state index is 12.8. The molecular weight excluding hydrogens is 338 g/mol. The van der Waals surface area contributed by atoms with Gasteiger partial charge in [0.25, 0.3) is 5.56 Å². The monoisotopic (exact) mass is 357 g/mol. The topological polar surface area (TPSA) is 50.7 Å². The molecule has 5 heteroatoms. The lowest BCUT2D eigenvalue weighted by molar-refractivity contribution is 0.864. The summed E-state index contributed by atoms with van der Waals surface area (Å²) in [6.45, 7) is 6.66. The van der Waals surface area contributed by atoms with Crippen molar-refractivity contribution < 1.29 is 0 Å². The molecule has 0 aliphatic carbocycles. The van der Waals surface area contributed by atoms with Crippen LogP contribution in [0.5, 0.6) is 0 Å². The Labute approximate surface area is 152 Å². The molecule has 0 saturated carbocycles. The van der Waals surface area contributed by atoms with Crippen molar-refractivity contribution in [2.75, 3.05) is 0 Å². The SMILES string of the molecule is C[Si](C)(C)C#Cc1ccc(-n2[nH]c3c(cnc4ccccc43)c2=O)cc1. The van der Waals surface area contributed by atoms with E-state index in [4.69, 9.17) is 0 Å². The van der Waals surface area contributed by atoms with E-state index in [1.807, 2.05) is 48.5 Å². The first kappa shape index (κ1) is 16.4. The average molecular weight is 357 g/mol. The van der Waals surface area contributed by atoms with E-state index in [0.717, 1.165) is 27.7 Å². The molecule has 128 valence electrons. The zero-order valence-electron chi connectivity index (χ0n) is 15.0. The minimum Gasteiger partial charge on any atom is -0.290 e. The molecule has 0 unspecified atom stereocenters. The molecular formula is C21H19N3OSi. The Bertz CT molecular complexity index is 1230. The van der Waals surface area contributed by atoms with Gasteiger partial charge in [-0.15, -0.1) is 5.54 Å². The van der Waals surface area contributed by atoms with Gasteiger partial charge in [0.15, 0.2) is 0 Å². The molecule has 0 spiro atoms. The normalized spacial score (nSPS) is 11.5. The molecule has 2 heterocycles. The number of benzene rings is 2. The van der Waals surface area contributed by atoms with Crippen molar-refractivity contribution in [2.45, 2.75) is 19.6 Å². The number of hydrogen-bond donors (Lipinski definition) is 1. The summed E-state index contributed by atoms with van der Waals surface area (Å²) in [4.78, 5) is 17.2. The van der Waals surface area contributed by atoms with Gasteiger partial charge < -0.3 is 0 Å². The zero-order chi connectivity index (χ0) is 18.3. The van der Waals surface area contributed by atoms with Crippen LogP contribution in [0.3, 0.4) is 0 Å². The highest BCUT2D eigenvalue weighted by Crippen LogP contribution is 2.20. The van der Waals surface area contributed by atoms with Gasteiger partial charge in [0.05, 0.1) is 22.1 Å². The van der Waals surface area contributed by atoms with E-state index in [2.05, 4.69) is 41.2 Å². The predicted octanol–water partition coefficient (Wildman–Crippen LogP) is 4.10. The molecule has 26 heavy (non-hydrogen) atoms. The molecule has 0 radical (unpaired) electrons. The first-order valence-corrected chi connectivity index (χ1v) is 12.0. The number of nitrogens with one attached hydrogen (secondary N) is 1. The van der Waals surface area contributed by atoms with Gasteiger partial charge in [0.2, 0.25) is 0 Å². The maximum absolute atomic E-state index is 12.8. The fourth-order valence-corrected chi connectivity index (χ4v) is 3.36. The van der Waals surface area contributed by atoms with Gasteiger partial charge in [0, 0.05) is 17.1 Å². The lowest BCUT2D eigenvalue weighted by Crippen LogP contribution is -2.16. The van der Waals surface area contributed by atoms with Crippen molar-refractivity contribution in [3.63, 3.8) is 0 Å². The van der Waals surface area contributed by atoms with Crippen LogP contribution < -0.4 is 5.56 Å². The number of pyridine rings is 1. The number of H-pyrrole nitrogens is 1. The van der Waals surface area contributed by atoms with Crippen LogP contribution in [0, 0.1) is 11.5 Å². The van der Waals surface area contributed by atoms with Gasteiger partial charge in [-0.2, -0.15) is 0 Å². The summed E-state index contributed by atoms with van der Waals surface area (Å²) in [5.74, 6) is 3.23. The zero-order valence-corrected chi connectivity index (χ0v) is 16.0. The largest absolute Gasteiger partial charge is 0.290 e. The summed E-state index contributed by atoms with van der Waals surface area (Å²) in [5.41, 5.74) is 6.68. The number of para-hydroxylation sites is 1. The lowest BCUT2D eigenvalue weighted by atomic mass is 10.2. The molecule has 0 bridgehead atoms. The van der Waals surface area contributed by atoms with E-state index < -0.39 is 8.07 Å². The Kier molecular flexibility index (Phi) is 3.78. The van der Waals surface area contributed by atoms with Gasteiger partial charge >= 0.3 is 0 Å². The maximum Gasteiger partial charge on any atom is 0.280 e. The third kappa shape index (κ3) is 2.96. The Balaban J connectivity index is 1.82. The molecule has 4 aromatic rings. The Hall–Kier alpha value is -3.10. The van der Waals surface area contributed by atoms with Crippen LogP contribution >= 0.6 is 0 Å². The molecule has 0 atom stereocenters. The van der Waals surface area contributed by atoms with E-state index in [0.29, 0.717) is 5.39 Å². The number of hydrogen-bond acceptors (Lipinski definition) is 2. The second-order valence-electron chi connectivity index (χ2n) is 7.36. The first-order valence-electron chi connectivity index (χ1n) is 8.54. The van der Waals surface area contributed by atoms with Gasteiger partial charge in [0.1, 0.15) is 8.07 Å². The molecule has 0 amide bonds. The molecule has 4 rings (SSSR count). The van der Waals surface area contributed by atoms with Gasteiger partial charge in [-0.05, 0) is 30.3 Å². The highest BCUT2D eigenvalue weighted by atomic mass is 28.3. The molecule has 2 aromatic carbocycles. The molecule has 0 fully saturated rings. The fraction of sp³-hybridized carbons (Fsp3) is 0.143. The summed E-state index contributed by atoms with van der Waals surface area (Å²) in [6.07, 6.45) is 1.64. The van der Waals surface area contributed by atoms with Crippen LogP contribution in [-0.2, 0) is 0 Å². The molecule has 4 nitrogen and oxygen atoms in total. The van der Waals surface area contributed by atoms with Gasteiger partial charge in [-0.1, -0.05) is 43.8 Å². The van der Waals surface area contributed by atoms with Crippen molar-refractivity contribution in [2.24, 2.45) is 0 Å². The summed E-state index contributed by atoms with van der Waals surface area (Å²) in [6, 6.07) is 15.5. The van der Waals surface area contributed by atoms with Gasteiger partial charge in [-0.3, -0.25) is 14.9 Å². The number of aromatic nitrogens is 3. The standard InChI is InChI=1S/C21H19N3OSi/c1-26(2,3)13-12-15-8-10-16(11-9-15)24-21(25)18-14-22-19-7-5-4-6-17(19)20(18)23-24/h4-11,14,23H,1-3H3. The number of fused-ring (bicyclic) bond motifs is 3. The first-order chi connectivity index (χ1) is 12.4. The van der Waals surface area contributed by atoms with Crippen LogP contribution in [0.25, 0.3) is 27.5 Å². The van der Waals surface area contributed by atoms with Crippen LogP contribution in [0.2, 0.25) is 19.6 Å². The highest BCUT2D eigenvalue weighted by Gasteiger charge is 2.12. The number of nitrogens with zero attached hydrogens (tertiary/aromatic N) is 2. The number of rotatable bonds is 1.